The largest absolute Gasteiger partial charge is 0.326 e. The highest BCUT2D eigenvalue weighted by atomic mass is 35.5. The van der Waals surface area contributed by atoms with Gasteiger partial charge in [0.25, 0.3) is 0 Å². The summed E-state index contributed by atoms with van der Waals surface area (Å²) in [6, 6.07) is 5.92. The van der Waals surface area contributed by atoms with Crippen molar-refractivity contribution in [2.45, 2.75) is 20.3 Å². The minimum absolute atomic E-state index is 0. The second-order valence-corrected chi connectivity index (χ2v) is 3.65. The van der Waals surface area contributed by atoms with Crippen molar-refractivity contribution in [3.63, 3.8) is 0 Å². The number of rotatable bonds is 4. The number of carbonyl (C=O) groups is 1. The molecule has 4 heteroatoms. The van der Waals surface area contributed by atoms with Crippen LogP contribution in [0.3, 0.4) is 0 Å². The Labute approximate surface area is 103 Å². The second kappa shape index (κ2) is 7.25. The van der Waals surface area contributed by atoms with Crippen LogP contribution in [0.1, 0.15) is 17.5 Å². The maximum Gasteiger partial charge on any atom is 0.225 e. The zero-order valence-electron chi connectivity index (χ0n) is 9.96. The van der Waals surface area contributed by atoms with Crippen LogP contribution >= 0.6 is 12.4 Å². The van der Waals surface area contributed by atoms with Crippen LogP contribution in [0.15, 0.2) is 18.2 Å². The SMILES string of the molecule is CNCCC(=O)Nc1cccc(C)c1C.Cl. The van der Waals surface area contributed by atoms with Gasteiger partial charge in [-0.3, -0.25) is 4.79 Å². The van der Waals surface area contributed by atoms with Crippen molar-refractivity contribution in [2.24, 2.45) is 0 Å². The van der Waals surface area contributed by atoms with Crippen LogP contribution in [0.5, 0.6) is 0 Å². The molecule has 16 heavy (non-hydrogen) atoms. The smallest absolute Gasteiger partial charge is 0.225 e. The Morgan fingerprint density at radius 1 is 1.31 bits per heavy atom. The van der Waals surface area contributed by atoms with Crippen LogP contribution in [0.4, 0.5) is 5.69 Å². The van der Waals surface area contributed by atoms with Gasteiger partial charge in [0.1, 0.15) is 0 Å². The highest BCUT2D eigenvalue weighted by Gasteiger charge is 2.04. The summed E-state index contributed by atoms with van der Waals surface area (Å²) in [6.45, 7) is 4.76. The molecule has 0 radical (unpaired) electrons. The molecular weight excluding hydrogens is 224 g/mol. The number of amides is 1. The lowest BCUT2D eigenvalue weighted by molar-refractivity contribution is -0.116. The maximum absolute atomic E-state index is 11.5. The first-order valence-electron chi connectivity index (χ1n) is 5.16. The molecule has 0 aliphatic carbocycles. The standard InChI is InChI=1S/C12H18N2O.ClH/c1-9-5-4-6-11(10(9)2)14-12(15)7-8-13-3;/h4-6,13H,7-8H2,1-3H3,(H,14,15);1H. The summed E-state index contributed by atoms with van der Waals surface area (Å²) in [5, 5.41) is 5.86. The van der Waals surface area contributed by atoms with E-state index in [1.54, 1.807) is 0 Å². The third-order valence-corrected chi connectivity index (χ3v) is 2.48. The molecule has 0 aliphatic rings. The fourth-order valence-corrected chi connectivity index (χ4v) is 1.34. The number of halogens is 1. The fraction of sp³-hybridized carbons (Fsp3) is 0.417. The minimum atomic E-state index is 0. The van der Waals surface area contributed by atoms with Crippen molar-refractivity contribution in [2.75, 3.05) is 18.9 Å². The Hall–Kier alpha value is -1.06. The normalized spacial score (nSPS) is 9.44. The van der Waals surface area contributed by atoms with Gasteiger partial charge in [-0.05, 0) is 38.1 Å². The zero-order valence-corrected chi connectivity index (χ0v) is 10.8. The van der Waals surface area contributed by atoms with E-state index < -0.39 is 0 Å². The van der Waals surface area contributed by atoms with E-state index in [0.29, 0.717) is 13.0 Å². The lowest BCUT2D eigenvalue weighted by Gasteiger charge is -2.09. The summed E-state index contributed by atoms with van der Waals surface area (Å²) >= 11 is 0. The number of aryl methyl sites for hydroxylation is 1. The molecule has 1 aromatic rings. The van der Waals surface area contributed by atoms with Gasteiger partial charge in [0.15, 0.2) is 0 Å². The third kappa shape index (κ3) is 4.21. The molecule has 0 heterocycles. The molecule has 2 N–H and O–H groups in total. The average Bonchev–Trinajstić information content (AvgIpc) is 2.22. The van der Waals surface area contributed by atoms with Gasteiger partial charge >= 0.3 is 0 Å². The quantitative estimate of drug-likeness (QED) is 0.851. The van der Waals surface area contributed by atoms with Gasteiger partial charge in [-0.1, -0.05) is 12.1 Å². The monoisotopic (exact) mass is 242 g/mol. The van der Waals surface area contributed by atoms with Crippen molar-refractivity contribution in [1.82, 2.24) is 5.32 Å². The first kappa shape index (κ1) is 14.9. The number of hydrogen-bond donors (Lipinski definition) is 2. The second-order valence-electron chi connectivity index (χ2n) is 3.65. The maximum atomic E-state index is 11.5. The number of benzene rings is 1. The predicted molar refractivity (Wildman–Crippen MR) is 70.3 cm³/mol. The number of anilines is 1. The number of hydrogen-bond acceptors (Lipinski definition) is 2. The first-order chi connectivity index (χ1) is 7.15. The van der Waals surface area contributed by atoms with Crippen molar-refractivity contribution in [3.05, 3.63) is 29.3 Å². The van der Waals surface area contributed by atoms with E-state index in [2.05, 4.69) is 10.6 Å². The molecule has 3 nitrogen and oxygen atoms in total. The van der Waals surface area contributed by atoms with Gasteiger partial charge in [0, 0.05) is 18.7 Å². The molecule has 1 rings (SSSR count). The number of carbonyl (C=O) groups excluding carboxylic acids is 1. The highest BCUT2D eigenvalue weighted by Crippen LogP contribution is 2.17. The summed E-state index contributed by atoms with van der Waals surface area (Å²) in [7, 11) is 1.84. The molecule has 0 aliphatic heterocycles. The number of nitrogens with one attached hydrogen (secondary N) is 2. The lowest BCUT2D eigenvalue weighted by atomic mass is 10.1. The van der Waals surface area contributed by atoms with Gasteiger partial charge in [-0.25, -0.2) is 0 Å². The van der Waals surface area contributed by atoms with E-state index in [1.165, 1.54) is 5.56 Å². The molecule has 0 unspecified atom stereocenters. The summed E-state index contributed by atoms with van der Waals surface area (Å²) in [5.74, 6) is 0.0538. The van der Waals surface area contributed by atoms with Crippen molar-refractivity contribution in [1.29, 1.82) is 0 Å². The van der Waals surface area contributed by atoms with Gasteiger partial charge < -0.3 is 10.6 Å². The van der Waals surface area contributed by atoms with Crippen LogP contribution in [-0.2, 0) is 4.79 Å². The fourth-order valence-electron chi connectivity index (χ4n) is 1.34. The predicted octanol–water partition coefficient (Wildman–Crippen LogP) is 2.27. The van der Waals surface area contributed by atoms with Crippen LogP contribution in [0.25, 0.3) is 0 Å². The topological polar surface area (TPSA) is 41.1 Å². The summed E-state index contributed by atoms with van der Waals surface area (Å²) in [6.07, 6.45) is 0.504. The van der Waals surface area contributed by atoms with E-state index >= 15 is 0 Å². The van der Waals surface area contributed by atoms with Crippen molar-refractivity contribution >= 4 is 24.0 Å². The van der Waals surface area contributed by atoms with E-state index in [9.17, 15) is 4.79 Å². The van der Waals surface area contributed by atoms with E-state index in [-0.39, 0.29) is 18.3 Å². The van der Waals surface area contributed by atoms with Crippen LogP contribution in [-0.4, -0.2) is 19.5 Å². The van der Waals surface area contributed by atoms with E-state index in [4.69, 9.17) is 0 Å². The van der Waals surface area contributed by atoms with Gasteiger partial charge in [-0.2, -0.15) is 0 Å². The highest BCUT2D eigenvalue weighted by molar-refractivity contribution is 5.91. The van der Waals surface area contributed by atoms with E-state index in [0.717, 1.165) is 11.3 Å². The Balaban J connectivity index is 0.00000225. The molecule has 1 aromatic carbocycles. The Morgan fingerprint density at radius 3 is 2.62 bits per heavy atom. The van der Waals surface area contributed by atoms with Gasteiger partial charge in [0.05, 0.1) is 0 Å². The Bertz CT molecular complexity index is 353. The minimum Gasteiger partial charge on any atom is -0.326 e. The molecular formula is C12H19ClN2O. The van der Waals surface area contributed by atoms with E-state index in [1.807, 2.05) is 39.1 Å². The molecule has 0 bridgehead atoms. The summed E-state index contributed by atoms with van der Waals surface area (Å²) in [4.78, 5) is 11.5. The molecule has 1 amide bonds. The lowest BCUT2D eigenvalue weighted by Crippen LogP contribution is -2.19. The van der Waals surface area contributed by atoms with Crippen LogP contribution < -0.4 is 10.6 Å². The molecule has 0 spiro atoms. The van der Waals surface area contributed by atoms with Gasteiger partial charge in [-0.15, -0.1) is 12.4 Å². The average molecular weight is 243 g/mol. The molecule has 0 atom stereocenters. The zero-order chi connectivity index (χ0) is 11.3. The molecule has 0 aromatic heterocycles. The Kier molecular flexibility index (Phi) is 6.77. The van der Waals surface area contributed by atoms with Crippen molar-refractivity contribution in [3.8, 4) is 0 Å². The molecule has 90 valence electrons. The molecule has 0 fully saturated rings. The molecule has 0 saturated carbocycles. The summed E-state index contributed by atoms with van der Waals surface area (Å²) in [5.41, 5.74) is 3.24. The molecule has 0 saturated heterocycles. The van der Waals surface area contributed by atoms with Crippen molar-refractivity contribution < 1.29 is 4.79 Å². The van der Waals surface area contributed by atoms with Crippen LogP contribution in [0, 0.1) is 13.8 Å². The summed E-state index contributed by atoms with van der Waals surface area (Å²) < 4.78 is 0. The van der Waals surface area contributed by atoms with Gasteiger partial charge in [0.2, 0.25) is 5.91 Å². The Morgan fingerprint density at radius 2 is 2.00 bits per heavy atom. The van der Waals surface area contributed by atoms with Crippen LogP contribution in [0.2, 0.25) is 0 Å². The first-order valence-corrected chi connectivity index (χ1v) is 5.16. The third-order valence-electron chi connectivity index (χ3n) is 2.48.